The molecule has 0 spiro atoms. The zero-order chi connectivity index (χ0) is 17.9. The number of carbonyl (C=O) groups is 1. The van der Waals surface area contributed by atoms with Crippen LogP contribution >= 0.6 is 0 Å². The highest BCUT2D eigenvalue weighted by Gasteiger charge is 2.36. The summed E-state index contributed by atoms with van der Waals surface area (Å²) in [5, 5.41) is 6.66. The minimum Gasteiger partial charge on any atom is -0.360 e. The lowest BCUT2D eigenvalue weighted by atomic mass is 9.85. The number of amides is 1. The van der Waals surface area contributed by atoms with Crippen molar-refractivity contribution in [1.29, 1.82) is 0 Å². The zero-order valence-corrected chi connectivity index (χ0v) is 15.6. The maximum absolute atomic E-state index is 12.8. The van der Waals surface area contributed by atoms with Gasteiger partial charge in [0.1, 0.15) is 10.6 Å². The Bertz CT molecular complexity index is 656. The molecule has 1 fully saturated rings. The second kappa shape index (κ2) is 7.65. The van der Waals surface area contributed by atoms with Crippen molar-refractivity contribution in [3.63, 3.8) is 0 Å². The topological polar surface area (TPSA) is 92.5 Å². The number of aromatic nitrogens is 1. The molecule has 2 rings (SSSR count). The highest BCUT2D eigenvalue weighted by atomic mass is 32.2. The van der Waals surface area contributed by atoms with Crippen LogP contribution in [0.15, 0.2) is 9.42 Å². The van der Waals surface area contributed by atoms with Gasteiger partial charge < -0.3 is 9.84 Å². The number of sulfonamides is 1. The van der Waals surface area contributed by atoms with E-state index in [9.17, 15) is 13.2 Å². The predicted molar refractivity (Wildman–Crippen MR) is 89.9 cm³/mol. The van der Waals surface area contributed by atoms with Crippen molar-refractivity contribution in [3.05, 3.63) is 11.5 Å². The Kier molecular flexibility index (Phi) is 6.03. The van der Waals surface area contributed by atoms with Crippen molar-refractivity contribution in [2.75, 3.05) is 19.6 Å². The van der Waals surface area contributed by atoms with Crippen LogP contribution in [0.5, 0.6) is 0 Å². The first-order valence-corrected chi connectivity index (χ1v) is 9.93. The van der Waals surface area contributed by atoms with Gasteiger partial charge >= 0.3 is 0 Å². The van der Waals surface area contributed by atoms with E-state index >= 15 is 0 Å². The summed E-state index contributed by atoms with van der Waals surface area (Å²) in [6, 6.07) is 0. The molecule has 7 nitrogen and oxygen atoms in total. The molecule has 1 N–H and O–H groups in total. The Morgan fingerprint density at radius 1 is 1.38 bits per heavy atom. The molecule has 1 amide bonds. The maximum Gasteiger partial charge on any atom is 0.248 e. The molecule has 0 aliphatic carbocycles. The summed E-state index contributed by atoms with van der Waals surface area (Å²) in [4.78, 5) is 12.3. The monoisotopic (exact) mass is 357 g/mol. The number of hydrogen-bond donors (Lipinski definition) is 1. The Labute approximate surface area is 143 Å². The third-order valence-corrected chi connectivity index (χ3v) is 6.88. The largest absolute Gasteiger partial charge is 0.360 e. The molecule has 1 aromatic rings. The standard InChI is InChI=1S/C16H27N3O4S/c1-5-8-17-16(20)11(2)14-6-9-19(10-7-14)24(21,22)15-12(3)18-23-13(15)4/h11,14H,5-10H2,1-4H3,(H,17,20)/t11-/m0/s1. The fourth-order valence-corrected chi connectivity index (χ4v) is 4.97. The van der Waals surface area contributed by atoms with E-state index in [-0.39, 0.29) is 22.6 Å². The summed E-state index contributed by atoms with van der Waals surface area (Å²) >= 11 is 0. The van der Waals surface area contributed by atoms with Crippen molar-refractivity contribution >= 4 is 15.9 Å². The first-order valence-electron chi connectivity index (χ1n) is 8.49. The van der Waals surface area contributed by atoms with E-state index in [0.29, 0.717) is 43.9 Å². The van der Waals surface area contributed by atoms with Crippen LogP contribution in [0.25, 0.3) is 0 Å². The SMILES string of the molecule is CCCNC(=O)[C@@H](C)C1CCN(S(=O)(=O)c2c(C)noc2C)CC1. The van der Waals surface area contributed by atoms with Crippen LogP contribution in [0.2, 0.25) is 0 Å². The number of nitrogens with one attached hydrogen (secondary N) is 1. The quantitative estimate of drug-likeness (QED) is 0.839. The molecule has 24 heavy (non-hydrogen) atoms. The number of aryl methyl sites for hydroxylation is 2. The van der Waals surface area contributed by atoms with Crippen LogP contribution in [-0.2, 0) is 14.8 Å². The molecule has 1 aromatic heterocycles. The van der Waals surface area contributed by atoms with E-state index in [4.69, 9.17) is 4.52 Å². The van der Waals surface area contributed by atoms with Gasteiger partial charge in [-0.25, -0.2) is 8.42 Å². The minimum atomic E-state index is -3.59. The van der Waals surface area contributed by atoms with Crippen LogP contribution in [0.4, 0.5) is 0 Å². The summed E-state index contributed by atoms with van der Waals surface area (Å²) in [5.74, 6) is 0.490. The van der Waals surface area contributed by atoms with Crippen molar-refractivity contribution in [3.8, 4) is 0 Å². The summed E-state index contributed by atoms with van der Waals surface area (Å²) in [6.07, 6.45) is 2.28. The fourth-order valence-electron chi connectivity index (χ4n) is 3.21. The molecule has 0 saturated carbocycles. The molecule has 8 heteroatoms. The van der Waals surface area contributed by atoms with Gasteiger partial charge in [-0.3, -0.25) is 4.79 Å². The van der Waals surface area contributed by atoms with Crippen LogP contribution < -0.4 is 5.32 Å². The molecule has 0 bridgehead atoms. The Morgan fingerprint density at radius 2 is 2.00 bits per heavy atom. The van der Waals surface area contributed by atoms with Crippen LogP contribution in [0.3, 0.4) is 0 Å². The van der Waals surface area contributed by atoms with Gasteiger partial charge in [-0.05, 0) is 39.0 Å². The smallest absolute Gasteiger partial charge is 0.248 e. The average molecular weight is 357 g/mol. The van der Waals surface area contributed by atoms with Crippen LogP contribution in [-0.4, -0.2) is 43.4 Å². The Hall–Kier alpha value is -1.41. The van der Waals surface area contributed by atoms with Gasteiger partial charge in [-0.15, -0.1) is 0 Å². The second-order valence-corrected chi connectivity index (χ2v) is 8.35. The van der Waals surface area contributed by atoms with E-state index in [1.165, 1.54) is 4.31 Å². The third kappa shape index (κ3) is 3.80. The zero-order valence-electron chi connectivity index (χ0n) is 14.8. The molecular weight excluding hydrogens is 330 g/mol. The van der Waals surface area contributed by atoms with Gasteiger partial charge in [0.25, 0.3) is 0 Å². The molecule has 0 aromatic carbocycles. The maximum atomic E-state index is 12.8. The lowest BCUT2D eigenvalue weighted by molar-refractivity contribution is -0.126. The van der Waals surface area contributed by atoms with Crippen molar-refractivity contribution in [2.45, 2.75) is 51.9 Å². The number of hydrogen-bond acceptors (Lipinski definition) is 5. The molecule has 0 unspecified atom stereocenters. The molecule has 0 radical (unpaired) electrons. The van der Waals surface area contributed by atoms with E-state index in [2.05, 4.69) is 10.5 Å². The Balaban J connectivity index is 2.01. The lowest BCUT2D eigenvalue weighted by Crippen LogP contribution is -2.42. The fraction of sp³-hybridized carbons (Fsp3) is 0.750. The average Bonchev–Trinajstić information content (AvgIpc) is 2.91. The summed E-state index contributed by atoms with van der Waals surface area (Å²) in [5.41, 5.74) is 0.391. The first kappa shape index (κ1) is 18.9. The summed E-state index contributed by atoms with van der Waals surface area (Å²) < 4.78 is 32.0. The molecule has 1 atom stereocenters. The highest BCUT2D eigenvalue weighted by molar-refractivity contribution is 7.89. The summed E-state index contributed by atoms with van der Waals surface area (Å²) in [6.45, 7) is 8.71. The lowest BCUT2D eigenvalue weighted by Gasteiger charge is -2.33. The van der Waals surface area contributed by atoms with Crippen molar-refractivity contribution in [1.82, 2.24) is 14.8 Å². The number of nitrogens with zero attached hydrogens (tertiary/aromatic N) is 2. The van der Waals surface area contributed by atoms with Crippen molar-refractivity contribution < 1.29 is 17.7 Å². The van der Waals surface area contributed by atoms with Gasteiger partial charge in [0.15, 0.2) is 5.76 Å². The van der Waals surface area contributed by atoms with E-state index in [1.54, 1.807) is 13.8 Å². The highest BCUT2D eigenvalue weighted by Crippen LogP contribution is 2.30. The van der Waals surface area contributed by atoms with Gasteiger partial charge in [-0.1, -0.05) is 19.0 Å². The third-order valence-electron chi connectivity index (χ3n) is 4.73. The van der Waals surface area contributed by atoms with Crippen LogP contribution in [0, 0.1) is 25.7 Å². The predicted octanol–water partition coefficient (Wildman–Crippen LogP) is 1.85. The molecule has 1 aliphatic heterocycles. The molecule has 1 saturated heterocycles. The molecule has 136 valence electrons. The minimum absolute atomic E-state index is 0.0591. The first-order chi connectivity index (χ1) is 11.3. The number of rotatable bonds is 6. The number of piperidine rings is 1. The van der Waals surface area contributed by atoms with Gasteiger partial charge in [0.05, 0.1) is 0 Å². The van der Waals surface area contributed by atoms with Gasteiger partial charge in [0, 0.05) is 25.6 Å². The number of carbonyl (C=O) groups excluding carboxylic acids is 1. The molecule has 2 heterocycles. The molecular formula is C16H27N3O4S. The normalized spacial score (nSPS) is 18.5. The van der Waals surface area contributed by atoms with E-state index in [0.717, 1.165) is 6.42 Å². The molecule has 1 aliphatic rings. The van der Waals surface area contributed by atoms with E-state index < -0.39 is 10.0 Å². The van der Waals surface area contributed by atoms with E-state index in [1.807, 2.05) is 13.8 Å². The second-order valence-electron chi connectivity index (χ2n) is 6.47. The summed E-state index contributed by atoms with van der Waals surface area (Å²) in [7, 11) is -3.59. The van der Waals surface area contributed by atoms with Gasteiger partial charge in [0.2, 0.25) is 15.9 Å². The van der Waals surface area contributed by atoms with Crippen molar-refractivity contribution in [2.24, 2.45) is 11.8 Å². The van der Waals surface area contributed by atoms with Gasteiger partial charge in [-0.2, -0.15) is 4.31 Å². The van der Waals surface area contributed by atoms with Crippen LogP contribution in [0.1, 0.15) is 44.6 Å². The Morgan fingerprint density at radius 3 is 2.50 bits per heavy atom.